The number of nitrogens with zero attached hydrogens (tertiary/aromatic N) is 1. The standard InChI is InChI=1S/C23H43N3O2/c1-16(2)21(25-22(27)20-9-7-17(3)8-10-20)23(28)24-11-6-12-26-14-18(4)13-19(5)15-26/h16-21H,6-15H2,1-5H3,(H,24,28)(H,25,27)/t17?,18-,19-,20?,21+/m0/s1. The summed E-state index contributed by atoms with van der Waals surface area (Å²) >= 11 is 0. The third-order valence-electron chi connectivity index (χ3n) is 6.53. The van der Waals surface area contributed by atoms with E-state index in [1.165, 1.54) is 19.5 Å². The van der Waals surface area contributed by atoms with Gasteiger partial charge in [-0.3, -0.25) is 9.59 Å². The fraction of sp³-hybridized carbons (Fsp3) is 0.913. The Balaban J connectivity index is 1.72. The summed E-state index contributed by atoms with van der Waals surface area (Å²) in [5.41, 5.74) is 0. The second-order valence-electron chi connectivity index (χ2n) is 10.0. The summed E-state index contributed by atoms with van der Waals surface area (Å²) in [6, 6.07) is -0.429. The number of piperidine rings is 1. The number of carbonyl (C=O) groups excluding carboxylic acids is 2. The molecule has 0 bridgehead atoms. The quantitative estimate of drug-likeness (QED) is 0.621. The van der Waals surface area contributed by atoms with E-state index >= 15 is 0 Å². The monoisotopic (exact) mass is 393 g/mol. The first kappa shape index (κ1) is 23.2. The molecule has 2 N–H and O–H groups in total. The Labute approximate surface area is 172 Å². The van der Waals surface area contributed by atoms with Crippen molar-refractivity contribution in [2.45, 2.75) is 79.2 Å². The first-order valence-corrected chi connectivity index (χ1v) is 11.6. The molecule has 2 rings (SSSR count). The molecule has 1 heterocycles. The minimum absolute atomic E-state index is 0.0343. The van der Waals surface area contributed by atoms with Crippen molar-refractivity contribution in [2.24, 2.45) is 29.6 Å². The van der Waals surface area contributed by atoms with Crippen molar-refractivity contribution in [3.63, 3.8) is 0 Å². The SMILES string of the molecule is CC1CCC(C(=O)N[C@@H](C(=O)NCCCN2C[C@@H](C)C[C@H](C)C2)C(C)C)CC1. The van der Waals surface area contributed by atoms with Gasteiger partial charge in [-0.25, -0.2) is 0 Å². The van der Waals surface area contributed by atoms with E-state index in [1.54, 1.807) is 0 Å². The number of hydrogen-bond acceptors (Lipinski definition) is 3. The largest absolute Gasteiger partial charge is 0.354 e. The minimum atomic E-state index is -0.429. The molecule has 0 aromatic rings. The summed E-state index contributed by atoms with van der Waals surface area (Å²) in [6.45, 7) is 15.0. The smallest absolute Gasteiger partial charge is 0.242 e. The van der Waals surface area contributed by atoms with Gasteiger partial charge < -0.3 is 15.5 Å². The molecule has 3 atom stereocenters. The Morgan fingerprint density at radius 1 is 0.964 bits per heavy atom. The summed E-state index contributed by atoms with van der Waals surface area (Å²) in [6.07, 6.45) is 6.42. The lowest BCUT2D eigenvalue weighted by molar-refractivity contribution is -0.132. The highest BCUT2D eigenvalue weighted by atomic mass is 16.2. The molecule has 0 unspecified atom stereocenters. The zero-order chi connectivity index (χ0) is 20.7. The second kappa shape index (κ2) is 11.2. The van der Waals surface area contributed by atoms with Crippen LogP contribution in [-0.4, -0.2) is 48.9 Å². The molecule has 1 saturated carbocycles. The van der Waals surface area contributed by atoms with E-state index in [0.717, 1.165) is 56.4 Å². The Morgan fingerprint density at radius 3 is 2.14 bits per heavy atom. The third kappa shape index (κ3) is 7.38. The van der Waals surface area contributed by atoms with Gasteiger partial charge in [-0.15, -0.1) is 0 Å². The van der Waals surface area contributed by atoms with Crippen molar-refractivity contribution in [2.75, 3.05) is 26.2 Å². The third-order valence-corrected chi connectivity index (χ3v) is 6.53. The van der Waals surface area contributed by atoms with E-state index < -0.39 is 6.04 Å². The predicted molar refractivity (Wildman–Crippen MR) is 115 cm³/mol. The van der Waals surface area contributed by atoms with E-state index in [-0.39, 0.29) is 23.7 Å². The fourth-order valence-corrected chi connectivity index (χ4v) is 4.93. The number of rotatable bonds is 8. The van der Waals surface area contributed by atoms with Crippen molar-refractivity contribution in [3.05, 3.63) is 0 Å². The van der Waals surface area contributed by atoms with E-state index in [2.05, 4.69) is 36.3 Å². The van der Waals surface area contributed by atoms with Crippen molar-refractivity contribution in [1.29, 1.82) is 0 Å². The minimum Gasteiger partial charge on any atom is -0.354 e. The van der Waals surface area contributed by atoms with Gasteiger partial charge in [0.25, 0.3) is 0 Å². The van der Waals surface area contributed by atoms with Gasteiger partial charge in [0, 0.05) is 25.6 Å². The van der Waals surface area contributed by atoms with Crippen LogP contribution >= 0.6 is 0 Å². The van der Waals surface area contributed by atoms with Crippen LogP contribution in [0, 0.1) is 29.6 Å². The van der Waals surface area contributed by atoms with Gasteiger partial charge in [-0.2, -0.15) is 0 Å². The van der Waals surface area contributed by atoms with Crippen molar-refractivity contribution in [1.82, 2.24) is 15.5 Å². The molecule has 28 heavy (non-hydrogen) atoms. The van der Waals surface area contributed by atoms with Gasteiger partial charge in [-0.1, -0.05) is 34.6 Å². The predicted octanol–water partition coefficient (Wildman–Crippen LogP) is 3.44. The van der Waals surface area contributed by atoms with Crippen molar-refractivity contribution >= 4 is 11.8 Å². The lowest BCUT2D eigenvalue weighted by atomic mass is 9.82. The average Bonchev–Trinajstić information content (AvgIpc) is 2.62. The number of amides is 2. The molecule has 0 spiro atoms. The number of hydrogen-bond donors (Lipinski definition) is 2. The fourth-order valence-electron chi connectivity index (χ4n) is 4.93. The summed E-state index contributed by atoms with van der Waals surface area (Å²) < 4.78 is 0. The van der Waals surface area contributed by atoms with E-state index in [1.807, 2.05) is 13.8 Å². The first-order chi connectivity index (χ1) is 13.3. The number of likely N-dealkylation sites (tertiary alicyclic amines) is 1. The molecule has 1 aliphatic carbocycles. The molecule has 2 aliphatic rings. The van der Waals surface area contributed by atoms with Crippen LogP contribution in [0.4, 0.5) is 0 Å². The van der Waals surface area contributed by atoms with Crippen LogP contribution in [0.15, 0.2) is 0 Å². The van der Waals surface area contributed by atoms with Crippen LogP contribution in [0.5, 0.6) is 0 Å². The molecule has 1 aliphatic heterocycles. The highest BCUT2D eigenvalue weighted by molar-refractivity contribution is 5.88. The molecule has 162 valence electrons. The van der Waals surface area contributed by atoms with Gasteiger partial charge >= 0.3 is 0 Å². The molecule has 0 aromatic heterocycles. The topological polar surface area (TPSA) is 61.4 Å². The van der Waals surface area contributed by atoms with Crippen molar-refractivity contribution < 1.29 is 9.59 Å². The van der Waals surface area contributed by atoms with Crippen molar-refractivity contribution in [3.8, 4) is 0 Å². The van der Waals surface area contributed by atoms with E-state index in [9.17, 15) is 9.59 Å². The molecular formula is C23H43N3O2. The highest BCUT2D eigenvalue weighted by Crippen LogP contribution is 2.28. The lowest BCUT2D eigenvalue weighted by Gasteiger charge is -2.35. The number of carbonyl (C=O) groups is 2. The van der Waals surface area contributed by atoms with Crippen LogP contribution in [0.2, 0.25) is 0 Å². The zero-order valence-electron chi connectivity index (χ0n) is 18.8. The molecule has 0 aromatic carbocycles. The maximum absolute atomic E-state index is 12.7. The zero-order valence-corrected chi connectivity index (χ0v) is 18.8. The Hall–Kier alpha value is -1.10. The first-order valence-electron chi connectivity index (χ1n) is 11.6. The average molecular weight is 394 g/mol. The molecule has 2 fully saturated rings. The molecular weight excluding hydrogens is 350 g/mol. The molecule has 5 nitrogen and oxygen atoms in total. The summed E-state index contributed by atoms with van der Waals surface area (Å²) in [5.74, 6) is 2.45. The molecule has 2 amide bonds. The lowest BCUT2D eigenvalue weighted by Crippen LogP contribution is -2.51. The molecule has 5 heteroatoms. The van der Waals surface area contributed by atoms with Gasteiger partial charge in [-0.05, 0) is 68.7 Å². The highest BCUT2D eigenvalue weighted by Gasteiger charge is 2.29. The number of nitrogens with one attached hydrogen (secondary N) is 2. The van der Waals surface area contributed by atoms with Gasteiger partial charge in [0.15, 0.2) is 0 Å². The summed E-state index contributed by atoms with van der Waals surface area (Å²) in [7, 11) is 0. The maximum atomic E-state index is 12.7. The van der Waals surface area contributed by atoms with Crippen LogP contribution in [0.3, 0.4) is 0 Å². The molecule has 0 radical (unpaired) electrons. The van der Waals surface area contributed by atoms with E-state index in [4.69, 9.17) is 0 Å². The van der Waals surface area contributed by atoms with Crippen LogP contribution in [0.1, 0.15) is 73.1 Å². The van der Waals surface area contributed by atoms with Crippen LogP contribution < -0.4 is 10.6 Å². The van der Waals surface area contributed by atoms with Gasteiger partial charge in [0.05, 0.1) is 0 Å². The summed E-state index contributed by atoms with van der Waals surface area (Å²) in [5, 5.41) is 6.10. The Kier molecular flexibility index (Phi) is 9.26. The molecule has 1 saturated heterocycles. The Bertz CT molecular complexity index is 490. The van der Waals surface area contributed by atoms with Gasteiger partial charge in [0.2, 0.25) is 11.8 Å². The van der Waals surface area contributed by atoms with Gasteiger partial charge in [0.1, 0.15) is 6.04 Å². The normalized spacial score (nSPS) is 30.1. The maximum Gasteiger partial charge on any atom is 0.242 e. The van der Waals surface area contributed by atoms with Crippen LogP contribution in [0.25, 0.3) is 0 Å². The van der Waals surface area contributed by atoms with E-state index in [0.29, 0.717) is 6.54 Å². The summed E-state index contributed by atoms with van der Waals surface area (Å²) in [4.78, 5) is 27.8. The second-order valence-corrected chi connectivity index (χ2v) is 10.0. The Morgan fingerprint density at radius 2 is 1.57 bits per heavy atom. The van der Waals surface area contributed by atoms with Crippen LogP contribution in [-0.2, 0) is 9.59 Å².